The van der Waals surface area contributed by atoms with E-state index in [-0.39, 0.29) is 41.6 Å². The van der Waals surface area contributed by atoms with Gasteiger partial charge in [0, 0.05) is 18.9 Å². The number of nitrogens with one attached hydrogen (secondary N) is 1. The summed E-state index contributed by atoms with van der Waals surface area (Å²) < 4.78 is 26.7. The second kappa shape index (κ2) is 12.2. The lowest BCUT2D eigenvalue weighted by molar-refractivity contribution is -0.148. The van der Waals surface area contributed by atoms with Crippen molar-refractivity contribution in [3.05, 3.63) is 35.5 Å². The average Bonchev–Trinajstić information content (AvgIpc) is 2.87. The lowest BCUT2D eigenvalue weighted by Crippen LogP contribution is -2.42. The predicted octanol–water partition coefficient (Wildman–Crippen LogP) is 2.83. The highest BCUT2D eigenvalue weighted by Crippen LogP contribution is 2.38. The largest absolute Gasteiger partial charge is 0.493 e. The monoisotopic (exact) mass is 489 g/mol. The molecule has 0 amide bonds. The number of hydrogen-bond donors (Lipinski definition) is 1. The molecule has 3 rings (SSSR count). The van der Waals surface area contributed by atoms with Gasteiger partial charge in [0.1, 0.15) is 6.10 Å². The Balaban J connectivity index is 1.81. The Morgan fingerprint density at radius 1 is 1.03 bits per heavy atom. The van der Waals surface area contributed by atoms with Crippen molar-refractivity contribution in [1.82, 2.24) is 15.4 Å². The van der Waals surface area contributed by atoms with E-state index in [0.717, 1.165) is 5.56 Å². The summed E-state index contributed by atoms with van der Waals surface area (Å²) >= 11 is 0. The van der Waals surface area contributed by atoms with E-state index in [1.807, 2.05) is 25.1 Å². The van der Waals surface area contributed by atoms with Crippen LogP contribution < -0.4 is 24.4 Å². The Bertz CT molecular complexity index is 1010. The molecule has 0 spiro atoms. The lowest BCUT2D eigenvalue weighted by atomic mass is 9.79. The van der Waals surface area contributed by atoms with Gasteiger partial charge in [-0.15, -0.1) is 5.48 Å². The third kappa shape index (κ3) is 6.72. The summed E-state index contributed by atoms with van der Waals surface area (Å²) in [7, 11) is 4.39. The minimum absolute atomic E-state index is 0.0160. The zero-order valence-electron chi connectivity index (χ0n) is 20.5. The van der Waals surface area contributed by atoms with E-state index in [9.17, 15) is 9.59 Å². The molecule has 0 bridgehead atoms. The molecule has 1 saturated carbocycles. The van der Waals surface area contributed by atoms with Crippen molar-refractivity contribution in [3.8, 4) is 23.4 Å². The number of esters is 1. The summed E-state index contributed by atoms with van der Waals surface area (Å²) in [5, 5.41) is 0. The lowest BCUT2D eigenvalue weighted by Gasteiger charge is -2.36. The first-order valence-electron chi connectivity index (χ1n) is 11.3. The van der Waals surface area contributed by atoms with Gasteiger partial charge in [-0.2, -0.15) is 9.97 Å². The molecule has 0 radical (unpaired) electrons. The number of hydroxylamine groups is 1. The molecule has 1 N–H and O–H groups in total. The molecule has 190 valence electrons. The highest BCUT2D eigenvalue weighted by molar-refractivity contribution is 5.87. The van der Waals surface area contributed by atoms with Crippen LogP contribution in [0.2, 0.25) is 0 Å². The van der Waals surface area contributed by atoms with Crippen LogP contribution in [0.25, 0.3) is 0 Å². The van der Waals surface area contributed by atoms with Gasteiger partial charge in [-0.1, -0.05) is 6.07 Å². The molecule has 1 heterocycles. The molecule has 0 aliphatic heterocycles. The van der Waals surface area contributed by atoms with Gasteiger partial charge in [0.15, 0.2) is 17.2 Å². The van der Waals surface area contributed by atoms with Crippen molar-refractivity contribution >= 4 is 11.9 Å². The normalized spacial score (nSPS) is 19.4. The van der Waals surface area contributed by atoms with Crippen molar-refractivity contribution in [2.24, 2.45) is 0 Å². The smallest absolute Gasteiger partial charge is 0.376 e. The van der Waals surface area contributed by atoms with E-state index in [1.165, 1.54) is 27.2 Å². The number of carbonyl (C=O) groups is 2. The van der Waals surface area contributed by atoms with E-state index >= 15 is 0 Å². The molecule has 11 nitrogen and oxygen atoms in total. The standard InChI is InChI=1S/C24H31N3O8/c1-6-33-21-11-15(7-10-20(21)30-3)17-12-16(34-14(2)28)8-9-18(17)27-35-23(29)19-13-22(31-4)26-24(25-19)32-5/h7,10-11,13,16-18,27H,6,8-9,12H2,1-5H3/t16-,17-,18-/m1/s1. The topological polar surface area (TPSA) is 127 Å². The SMILES string of the molecule is CCOc1cc([C@H]2C[C@H](OC(C)=O)CC[C@H]2NOC(=O)c2cc(OC)nc(OC)n2)ccc1OC. The highest BCUT2D eigenvalue weighted by Gasteiger charge is 2.35. The first-order valence-corrected chi connectivity index (χ1v) is 11.3. The predicted molar refractivity (Wildman–Crippen MR) is 124 cm³/mol. The van der Waals surface area contributed by atoms with E-state index in [1.54, 1.807) is 7.11 Å². The summed E-state index contributed by atoms with van der Waals surface area (Å²) in [6.07, 6.45) is 1.51. The number of benzene rings is 1. The Hall–Kier alpha value is -3.60. The fourth-order valence-electron chi connectivity index (χ4n) is 4.06. The fourth-order valence-corrected chi connectivity index (χ4v) is 4.06. The Morgan fingerprint density at radius 2 is 1.83 bits per heavy atom. The van der Waals surface area contributed by atoms with Crippen LogP contribution in [0.1, 0.15) is 55.1 Å². The number of aromatic nitrogens is 2. The summed E-state index contributed by atoms with van der Waals surface area (Å²) in [6, 6.07) is 6.76. The van der Waals surface area contributed by atoms with E-state index < -0.39 is 5.97 Å². The maximum Gasteiger partial charge on any atom is 0.376 e. The van der Waals surface area contributed by atoms with Crippen molar-refractivity contribution in [2.75, 3.05) is 27.9 Å². The summed E-state index contributed by atoms with van der Waals surface area (Å²) in [4.78, 5) is 37.7. The molecular weight excluding hydrogens is 458 g/mol. The van der Waals surface area contributed by atoms with Crippen LogP contribution in [0.5, 0.6) is 23.4 Å². The van der Waals surface area contributed by atoms with Gasteiger partial charge in [0.05, 0.1) is 34.0 Å². The average molecular weight is 490 g/mol. The highest BCUT2D eigenvalue weighted by atomic mass is 16.7. The second-order valence-corrected chi connectivity index (χ2v) is 7.89. The van der Waals surface area contributed by atoms with Crippen molar-refractivity contribution in [3.63, 3.8) is 0 Å². The van der Waals surface area contributed by atoms with Gasteiger partial charge in [-0.3, -0.25) is 4.79 Å². The van der Waals surface area contributed by atoms with Crippen LogP contribution in [0.3, 0.4) is 0 Å². The first kappa shape index (κ1) is 26.0. The molecule has 1 aromatic carbocycles. The van der Waals surface area contributed by atoms with Gasteiger partial charge in [0.2, 0.25) is 5.88 Å². The van der Waals surface area contributed by atoms with E-state index in [0.29, 0.717) is 37.4 Å². The number of hydrogen-bond acceptors (Lipinski definition) is 11. The second-order valence-electron chi connectivity index (χ2n) is 7.89. The van der Waals surface area contributed by atoms with Crippen LogP contribution in [0.15, 0.2) is 24.3 Å². The molecular formula is C24H31N3O8. The van der Waals surface area contributed by atoms with Crippen LogP contribution in [-0.2, 0) is 14.4 Å². The molecule has 3 atom stereocenters. The summed E-state index contributed by atoms with van der Waals surface area (Å²) in [5.74, 6) is 0.215. The number of ether oxygens (including phenoxy) is 5. The molecule has 1 fully saturated rings. The van der Waals surface area contributed by atoms with Crippen LogP contribution in [0.4, 0.5) is 0 Å². The molecule has 2 aromatic rings. The van der Waals surface area contributed by atoms with Crippen LogP contribution >= 0.6 is 0 Å². The summed E-state index contributed by atoms with van der Waals surface area (Å²) in [6.45, 7) is 3.77. The van der Waals surface area contributed by atoms with Crippen LogP contribution in [0, 0.1) is 0 Å². The number of nitrogens with zero attached hydrogens (tertiary/aromatic N) is 2. The maximum atomic E-state index is 12.7. The number of methoxy groups -OCH3 is 3. The Kier molecular flexibility index (Phi) is 9.07. The molecule has 35 heavy (non-hydrogen) atoms. The molecule has 0 unspecified atom stereocenters. The minimum atomic E-state index is -0.713. The molecule has 11 heteroatoms. The van der Waals surface area contributed by atoms with Gasteiger partial charge < -0.3 is 28.5 Å². The van der Waals surface area contributed by atoms with E-state index in [4.69, 9.17) is 28.5 Å². The third-order valence-corrected chi connectivity index (χ3v) is 5.64. The molecule has 1 aromatic heterocycles. The van der Waals surface area contributed by atoms with Gasteiger partial charge in [-0.05, 0) is 43.9 Å². The molecule has 1 aliphatic rings. The quantitative estimate of drug-likeness (QED) is 0.391. The summed E-state index contributed by atoms with van der Waals surface area (Å²) in [5.41, 5.74) is 3.81. The maximum absolute atomic E-state index is 12.7. The minimum Gasteiger partial charge on any atom is -0.493 e. The van der Waals surface area contributed by atoms with E-state index in [2.05, 4.69) is 15.4 Å². The van der Waals surface area contributed by atoms with Crippen molar-refractivity contribution in [1.29, 1.82) is 0 Å². The Labute approximate surface area is 204 Å². The van der Waals surface area contributed by atoms with Crippen LogP contribution in [-0.4, -0.2) is 62.0 Å². The van der Waals surface area contributed by atoms with Gasteiger partial charge in [-0.25, -0.2) is 4.79 Å². The zero-order valence-corrected chi connectivity index (χ0v) is 20.5. The first-order chi connectivity index (χ1) is 16.9. The molecule has 0 saturated heterocycles. The molecule has 1 aliphatic carbocycles. The van der Waals surface area contributed by atoms with Crippen molar-refractivity contribution in [2.45, 2.75) is 51.2 Å². The van der Waals surface area contributed by atoms with Gasteiger partial charge >= 0.3 is 17.9 Å². The van der Waals surface area contributed by atoms with Gasteiger partial charge in [0.25, 0.3) is 0 Å². The number of rotatable bonds is 10. The third-order valence-electron chi connectivity index (χ3n) is 5.64. The zero-order chi connectivity index (χ0) is 25.4. The Morgan fingerprint density at radius 3 is 2.49 bits per heavy atom. The van der Waals surface area contributed by atoms with Crippen molar-refractivity contribution < 1.29 is 38.1 Å². The number of carbonyl (C=O) groups excluding carboxylic acids is 2. The fraction of sp³-hybridized carbons (Fsp3) is 0.500.